The van der Waals surface area contributed by atoms with Gasteiger partial charge in [-0.25, -0.2) is 4.98 Å². The Morgan fingerprint density at radius 3 is 2.43 bits per heavy atom. The van der Waals surface area contributed by atoms with Gasteiger partial charge in [0.25, 0.3) is 5.91 Å². The van der Waals surface area contributed by atoms with E-state index in [0.717, 1.165) is 12.1 Å². The largest absolute Gasteiger partial charge is 0.439 e. The summed E-state index contributed by atoms with van der Waals surface area (Å²) >= 11 is 0. The number of hydrogen-bond donors (Lipinski definition) is 1. The Morgan fingerprint density at radius 2 is 1.75 bits per heavy atom. The minimum atomic E-state index is -4.49. The third kappa shape index (κ3) is 4.65. The predicted octanol–water partition coefficient (Wildman–Crippen LogP) is 5.02. The first-order chi connectivity index (χ1) is 13.3. The highest BCUT2D eigenvalue weighted by molar-refractivity contribution is 6.02. The summed E-state index contributed by atoms with van der Waals surface area (Å²) in [7, 11) is 0. The highest BCUT2D eigenvalue weighted by atomic mass is 19.4. The van der Waals surface area contributed by atoms with E-state index in [1.54, 1.807) is 24.3 Å². The van der Waals surface area contributed by atoms with Gasteiger partial charge in [-0.3, -0.25) is 4.79 Å². The molecule has 3 aromatic rings. The van der Waals surface area contributed by atoms with E-state index in [9.17, 15) is 18.0 Å². The van der Waals surface area contributed by atoms with E-state index in [0.29, 0.717) is 11.3 Å². The molecular formula is C20H12F3N3O2. The van der Waals surface area contributed by atoms with Crippen molar-refractivity contribution in [3.05, 3.63) is 83.6 Å². The molecule has 5 nitrogen and oxygen atoms in total. The fourth-order valence-electron chi connectivity index (χ4n) is 2.28. The molecule has 0 spiro atoms. The van der Waals surface area contributed by atoms with Gasteiger partial charge >= 0.3 is 6.18 Å². The zero-order valence-corrected chi connectivity index (χ0v) is 14.2. The Kier molecular flexibility index (Phi) is 5.27. The van der Waals surface area contributed by atoms with E-state index in [-0.39, 0.29) is 17.3 Å². The summed E-state index contributed by atoms with van der Waals surface area (Å²) < 4.78 is 43.7. The number of nitriles is 1. The SMILES string of the molecule is N#Cc1ccc(NC(=O)c2cccc(Oc3cccc(C(F)(F)F)c3)n2)cc1. The number of pyridine rings is 1. The van der Waals surface area contributed by atoms with E-state index in [4.69, 9.17) is 10.00 Å². The number of rotatable bonds is 4. The molecule has 0 aliphatic heterocycles. The van der Waals surface area contributed by atoms with E-state index < -0.39 is 17.6 Å². The van der Waals surface area contributed by atoms with Crippen molar-refractivity contribution in [2.24, 2.45) is 0 Å². The molecule has 2 aromatic carbocycles. The first kappa shape index (κ1) is 18.9. The Hall–Kier alpha value is -3.86. The van der Waals surface area contributed by atoms with Crippen LogP contribution in [0.5, 0.6) is 11.6 Å². The molecule has 0 unspecified atom stereocenters. The first-order valence-corrected chi connectivity index (χ1v) is 7.99. The smallest absolute Gasteiger partial charge is 0.416 e. The molecule has 140 valence electrons. The lowest BCUT2D eigenvalue weighted by atomic mass is 10.2. The van der Waals surface area contributed by atoms with Gasteiger partial charge in [0, 0.05) is 11.8 Å². The van der Waals surface area contributed by atoms with Crippen LogP contribution in [0.3, 0.4) is 0 Å². The monoisotopic (exact) mass is 383 g/mol. The maximum absolute atomic E-state index is 12.8. The molecular weight excluding hydrogens is 371 g/mol. The van der Waals surface area contributed by atoms with Gasteiger partial charge in [-0.05, 0) is 48.5 Å². The standard InChI is InChI=1S/C20H12F3N3O2/c21-20(22,23)14-3-1-4-16(11-14)28-18-6-2-5-17(26-18)19(27)25-15-9-7-13(12-24)8-10-15/h1-11H,(H,25,27). The minimum Gasteiger partial charge on any atom is -0.439 e. The lowest BCUT2D eigenvalue weighted by molar-refractivity contribution is -0.137. The van der Waals surface area contributed by atoms with Crippen molar-refractivity contribution >= 4 is 11.6 Å². The number of carbonyl (C=O) groups excluding carboxylic acids is 1. The number of nitrogens with zero attached hydrogens (tertiary/aromatic N) is 2. The van der Waals surface area contributed by atoms with Gasteiger partial charge in [-0.15, -0.1) is 0 Å². The van der Waals surface area contributed by atoms with Crippen molar-refractivity contribution in [1.82, 2.24) is 4.98 Å². The Balaban J connectivity index is 1.75. The van der Waals surface area contributed by atoms with E-state index in [2.05, 4.69) is 10.3 Å². The van der Waals surface area contributed by atoms with E-state index in [1.807, 2.05) is 6.07 Å². The highest BCUT2D eigenvalue weighted by Crippen LogP contribution is 2.32. The molecule has 1 heterocycles. The van der Waals surface area contributed by atoms with E-state index >= 15 is 0 Å². The van der Waals surface area contributed by atoms with Crippen LogP contribution >= 0.6 is 0 Å². The fourth-order valence-corrected chi connectivity index (χ4v) is 2.28. The van der Waals surface area contributed by atoms with Crippen molar-refractivity contribution in [1.29, 1.82) is 5.26 Å². The van der Waals surface area contributed by atoms with Crippen LogP contribution in [0.15, 0.2) is 66.7 Å². The van der Waals surface area contributed by atoms with Gasteiger partial charge in [-0.1, -0.05) is 12.1 Å². The Morgan fingerprint density at radius 1 is 1.04 bits per heavy atom. The number of amides is 1. The lowest BCUT2D eigenvalue weighted by Gasteiger charge is -2.10. The molecule has 0 fully saturated rings. The zero-order valence-electron chi connectivity index (χ0n) is 14.2. The quantitative estimate of drug-likeness (QED) is 0.687. The maximum Gasteiger partial charge on any atom is 0.416 e. The molecule has 3 rings (SSSR count). The number of nitrogens with one attached hydrogen (secondary N) is 1. The number of anilines is 1. The summed E-state index contributed by atoms with van der Waals surface area (Å²) in [6, 6.07) is 17.0. The molecule has 28 heavy (non-hydrogen) atoms. The number of aromatic nitrogens is 1. The molecule has 0 saturated carbocycles. The van der Waals surface area contributed by atoms with Crippen molar-refractivity contribution < 1.29 is 22.7 Å². The first-order valence-electron chi connectivity index (χ1n) is 7.99. The van der Waals surface area contributed by atoms with Crippen LogP contribution in [-0.4, -0.2) is 10.9 Å². The van der Waals surface area contributed by atoms with Crippen LogP contribution in [0.2, 0.25) is 0 Å². The third-order valence-corrected chi connectivity index (χ3v) is 3.61. The zero-order chi connectivity index (χ0) is 20.1. The summed E-state index contributed by atoms with van der Waals surface area (Å²) in [5.41, 5.74) is 0.0937. The highest BCUT2D eigenvalue weighted by Gasteiger charge is 2.30. The molecule has 0 aliphatic carbocycles. The number of alkyl halides is 3. The second-order valence-electron chi connectivity index (χ2n) is 5.63. The summed E-state index contributed by atoms with van der Waals surface area (Å²) in [6.07, 6.45) is -4.49. The predicted molar refractivity (Wildman–Crippen MR) is 94.9 cm³/mol. The molecule has 0 atom stereocenters. The minimum absolute atomic E-state index is 0.0215. The Labute approximate surface area is 158 Å². The number of halogens is 3. The summed E-state index contributed by atoms with van der Waals surface area (Å²) in [4.78, 5) is 16.3. The van der Waals surface area contributed by atoms with Gasteiger partial charge in [0.05, 0.1) is 17.2 Å². The second kappa shape index (κ2) is 7.80. The van der Waals surface area contributed by atoms with Crippen LogP contribution < -0.4 is 10.1 Å². The molecule has 0 saturated heterocycles. The summed E-state index contributed by atoms with van der Waals surface area (Å²) in [6.45, 7) is 0. The average molecular weight is 383 g/mol. The second-order valence-corrected chi connectivity index (χ2v) is 5.63. The van der Waals surface area contributed by atoms with Crippen molar-refractivity contribution in [2.75, 3.05) is 5.32 Å². The fraction of sp³-hybridized carbons (Fsp3) is 0.0500. The maximum atomic E-state index is 12.8. The van der Waals surface area contributed by atoms with E-state index in [1.165, 1.54) is 30.3 Å². The number of hydrogen-bond acceptors (Lipinski definition) is 4. The molecule has 0 radical (unpaired) electrons. The molecule has 1 N–H and O–H groups in total. The number of carbonyl (C=O) groups is 1. The number of ether oxygens (including phenoxy) is 1. The Bertz CT molecular complexity index is 1040. The average Bonchev–Trinajstić information content (AvgIpc) is 2.68. The van der Waals surface area contributed by atoms with Crippen molar-refractivity contribution in [2.45, 2.75) is 6.18 Å². The van der Waals surface area contributed by atoms with Gasteiger partial charge in [-0.2, -0.15) is 18.4 Å². The molecule has 1 amide bonds. The molecule has 1 aromatic heterocycles. The number of benzene rings is 2. The van der Waals surface area contributed by atoms with Crippen LogP contribution in [-0.2, 0) is 6.18 Å². The normalized spacial score (nSPS) is 10.8. The topological polar surface area (TPSA) is 75.0 Å². The van der Waals surface area contributed by atoms with Crippen molar-refractivity contribution in [3.8, 4) is 17.7 Å². The lowest BCUT2D eigenvalue weighted by Crippen LogP contribution is -2.13. The van der Waals surface area contributed by atoms with Gasteiger partial charge in [0.15, 0.2) is 0 Å². The van der Waals surface area contributed by atoms with Gasteiger partial charge < -0.3 is 10.1 Å². The van der Waals surface area contributed by atoms with Crippen LogP contribution in [0, 0.1) is 11.3 Å². The van der Waals surface area contributed by atoms with Crippen LogP contribution in [0.25, 0.3) is 0 Å². The van der Waals surface area contributed by atoms with Gasteiger partial charge in [0.2, 0.25) is 5.88 Å². The molecule has 8 heteroatoms. The molecule has 0 aliphatic rings. The third-order valence-electron chi connectivity index (χ3n) is 3.61. The summed E-state index contributed by atoms with van der Waals surface area (Å²) in [5.74, 6) is -0.599. The molecule has 0 bridgehead atoms. The van der Waals surface area contributed by atoms with Gasteiger partial charge in [0.1, 0.15) is 11.4 Å². The van der Waals surface area contributed by atoms with Crippen LogP contribution in [0.1, 0.15) is 21.6 Å². The summed E-state index contributed by atoms with van der Waals surface area (Å²) in [5, 5.41) is 11.4. The van der Waals surface area contributed by atoms with Crippen molar-refractivity contribution in [3.63, 3.8) is 0 Å². The van der Waals surface area contributed by atoms with Crippen LogP contribution in [0.4, 0.5) is 18.9 Å².